The normalized spacial score (nSPS) is 12.6. The molecule has 13 heavy (non-hydrogen) atoms. The second kappa shape index (κ2) is 4.46. The van der Waals surface area contributed by atoms with Crippen molar-refractivity contribution >= 4 is 11.6 Å². The van der Waals surface area contributed by atoms with E-state index < -0.39 is 6.10 Å². The van der Waals surface area contributed by atoms with Gasteiger partial charge in [-0.3, -0.25) is 0 Å². The highest BCUT2D eigenvalue weighted by Crippen LogP contribution is 2.27. The van der Waals surface area contributed by atoms with Crippen molar-refractivity contribution in [3.05, 3.63) is 28.8 Å². The molecule has 1 aromatic rings. The van der Waals surface area contributed by atoms with Crippen LogP contribution in [0.4, 0.5) is 0 Å². The lowest BCUT2D eigenvalue weighted by molar-refractivity contribution is 0.0956. The van der Waals surface area contributed by atoms with E-state index in [-0.39, 0.29) is 6.61 Å². The van der Waals surface area contributed by atoms with Crippen LogP contribution < -0.4 is 4.74 Å². The van der Waals surface area contributed by atoms with E-state index in [2.05, 4.69) is 0 Å². The van der Waals surface area contributed by atoms with Crippen LogP contribution in [0.1, 0.15) is 11.7 Å². The molecule has 0 aromatic heterocycles. The lowest BCUT2D eigenvalue weighted by Gasteiger charge is -2.09. The average molecular weight is 203 g/mol. The Morgan fingerprint density at radius 3 is 2.69 bits per heavy atom. The fourth-order valence-electron chi connectivity index (χ4n) is 0.995. The van der Waals surface area contributed by atoms with Crippen LogP contribution in [-0.2, 0) is 0 Å². The van der Waals surface area contributed by atoms with Crippen molar-refractivity contribution in [2.24, 2.45) is 0 Å². The smallest absolute Gasteiger partial charge is 0.137 e. The first-order valence-electron chi connectivity index (χ1n) is 3.81. The Hall–Kier alpha value is -0.770. The number of halogens is 1. The average Bonchev–Trinajstić information content (AvgIpc) is 2.16. The van der Waals surface area contributed by atoms with Crippen LogP contribution in [-0.4, -0.2) is 23.9 Å². The third-order valence-electron chi connectivity index (χ3n) is 1.73. The van der Waals surface area contributed by atoms with Gasteiger partial charge in [0, 0.05) is 0 Å². The molecule has 0 fully saturated rings. The lowest BCUT2D eigenvalue weighted by Crippen LogP contribution is -2.02. The van der Waals surface area contributed by atoms with Crippen molar-refractivity contribution in [1.29, 1.82) is 0 Å². The zero-order valence-electron chi connectivity index (χ0n) is 7.20. The predicted octanol–water partition coefficient (Wildman–Crippen LogP) is 1.37. The van der Waals surface area contributed by atoms with Crippen LogP contribution in [0.5, 0.6) is 5.75 Å². The molecule has 0 spiro atoms. The van der Waals surface area contributed by atoms with E-state index in [1.165, 1.54) is 7.11 Å². The van der Waals surface area contributed by atoms with Gasteiger partial charge in [-0.1, -0.05) is 17.7 Å². The molecule has 0 aliphatic heterocycles. The number of benzene rings is 1. The molecule has 0 saturated carbocycles. The molecule has 0 unspecified atom stereocenters. The first-order valence-corrected chi connectivity index (χ1v) is 4.19. The maximum Gasteiger partial charge on any atom is 0.137 e. The summed E-state index contributed by atoms with van der Waals surface area (Å²) in [6, 6.07) is 4.88. The van der Waals surface area contributed by atoms with E-state index in [1.54, 1.807) is 18.2 Å². The molecule has 1 atom stereocenters. The molecule has 0 radical (unpaired) electrons. The number of methoxy groups -OCH3 is 1. The highest BCUT2D eigenvalue weighted by molar-refractivity contribution is 6.32. The highest BCUT2D eigenvalue weighted by atomic mass is 35.5. The van der Waals surface area contributed by atoms with Gasteiger partial charge >= 0.3 is 0 Å². The Bertz CT molecular complexity index is 288. The third kappa shape index (κ3) is 2.34. The van der Waals surface area contributed by atoms with Crippen molar-refractivity contribution in [2.75, 3.05) is 13.7 Å². The zero-order valence-corrected chi connectivity index (χ0v) is 7.95. The summed E-state index contributed by atoms with van der Waals surface area (Å²) in [6.07, 6.45) is -0.886. The van der Waals surface area contributed by atoms with Crippen molar-refractivity contribution in [2.45, 2.75) is 6.10 Å². The molecule has 0 aliphatic carbocycles. The predicted molar refractivity (Wildman–Crippen MR) is 50.0 cm³/mol. The number of rotatable bonds is 3. The fraction of sp³-hybridized carbons (Fsp3) is 0.333. The van der Waals surface area contributed by atoms with Gasteiger partial charge in [0.2, 0.25) is 0 Å². The Labute approximate surface area is 81.5 Å². The molecule has 2 N–H and O–H groups in total. The van der Waals surface area contributed by atoms with E-state index in [0.717, 1.165) is 0 Å². The number of aliphatic hydroxyl groups is 2. The number of aliphatic hydroxyl groups excluding tert-OH is 2. The molecular weight excluding hydrogens is 192 g/mol. The van der Waals surface area contributed by atoms with Crippen LogP contribution in [0, 0.1) is 0 Å². The molecule has 0 heterocycles. The quantitative estimate of drug-likeness (QED) is 0.779. The first-order chi connectivity index (χ1) is 6.19. The van der Waals surface area contributed by atoms with Gasteiger partial charge in [-0.05, 0) is 17.7 Å². The summed E-state index contributed by atoms with van der Waals surface area (Å²) >= 11 is 5.81. The van der Waals surface area contributed by atoms with E-state index in [4.69, 9.17) is 21.4 Å². The largest absolute Gasteiger partial charge is 0.495 e. The molecule has 72 valence electrons. The maximum atomic E-state index is 9.27. The fourth-order valence-corrected chi connectivity index (χ4v) is 1.26. The molecule has 0 aliphatic rings. The van der Waals surface area contributed by atoms with Gasteiger partial charge in [0.25, 0.3) is 0 Å². The van der Waals surface area contributed by atoms with Gasteiger partial charge in [0.05, 0.1) is 18.7 Å². The maximum absolute atomic E-state index is 9.27. The van der Waals surface area contributed by atoms with Crippen molar-refractivity contribution in [3.8, 4) is 5.75 Å². The van der Waals surface area contributed by atoms with E-state index >= 15 is 0 Å². The van der Waals surface area contributed by atoms with Gasteiger partial charge in [-0.15, -0.1) is 0 Å². The molecule has 0 amide bonds. The zero-order chi connectivity index (χ0) is 9.84. The lowest BCUT2D eigenvalue weighted by atomic mass is 10.1. The van der Waals surface area contributed by atoms with Crippen molar-refractivity contribution in [3.63, 3.8) is 0 Å². The van der Waals surface area contributed by atoms with Gasteiger partial charge in [0.15, 0.2) is 0 Å². The molecule has 0 bridgehead atoms. The van der Waals surface area contributed by atoms with Crippen molar-refractivity contribution < 1.29 is 14.9 Å². The van der Waals surface area contributed by atoms with Crippen LogP contribution in [0.25, 0.3) is 0 Å². The molecular formula is C9H11ClO3. The summed E-state index contributed by atoms with van der Waals surface area (Å²) in [6.45, 7) is -0.317. The van der Waals surface area contributed by atoms with E-state index in [9.17, 15) is 5.11 Å². The van der Waals surface area contributed by atoms with Gasteiger partial charge in [0.1, 0.15) is 11.9 Å². The molecule has 3 nitrogen and oxygen atoms in total. The Morgan fingerprint density at radius 2 is 2.23 bits per heavy atom. The van der Waals surface area contributed by atoms with E-state index in [0.29, 0.717) is 16.3 Å². The van der Waals surface area contributed by atoms with Gasteiger partial charge in [-0.25, -0.2) is 0 Å². The van der Waals surface area contributed by atoms with Gasteiger partial charge in [-0.2, -0.15) is 0 Å². The summed E-state index contributed by atoms with van der Waals surface area (Å²) in [5, 5.41) is 18.4. The molecule has 1 aromatic carbocycles. The summed E-state index contributed by atoms with van der Waals surface area (Å²) in [7, 11) is 1.52. The van der Waals surface area contributed by atoms with Crippen LogP contribution in [0.3, 0.4) is 0 Å². The second-order valence-corrected chi connectivity index (χ2v) is 3.00. The topological polar surface area (TPSA) is 49.7 Å². The summed E-state index contributed by atoms with van der Waals surface area (Å²) < 4.78 is 4.94. The second-order valence-electron chi connectivity index (χ2n) is 2.59. The SMILES string of the molecule is COc1ccc([C@@H](O)CO)cc1Cl. The van der Waals surface area contributed by atoms with Crippen LogP contribution >= 0.6 is 11.6 Å². The number of hydrogen-bond acceptors (Lipinski definition) is 3. The molecule has 1 rings (SSSR count). The highest BCUT2D eigenvalue weighted by Gasteiger charge is 2.08. The Kier molecular flexibility index (Phi) is 3.54. The summed E-state index contributed by atoms with van der Waals surface area (Å²) in [5.74, 6) is 0.551. The minimum Gasteiger partial charge on any atom is -0.495 e. The molecule has 0 saturated heterocycles. The standard InChI is InChI=1S/C9H11ClO3/c1-13-9-3-2-6(4-7(9)10)8(12)5-11/h2-4,8,11-12H,5H2,1H3/t8-/m0/s1. The van der Waals surface area contributed by atoms with Gasteiger partial charge < -0.3 is 14.9 Å². The minimum absolute atomic E-state index is 0.317. The molecule has 4 heteroatoms. The monoisotopic (exact) mass is 202 g/mol. The number of hydrogen-bond donors (Lipinski definition) is 2. The van der Waals surface area contributed by atoms with Crippen LogP contribution in [0.2, 0.25) is 5.02 Å². The van der Waals surface area contributed by atoms with Crippen LogP contribution in [0.15, 0.2) is 18.2 Å². The number of ether oxygens (including phenoxy) is 1. The van der Waals surface area contributed by atoms with E-state index in [1.807, 2.05) is 0 Å². The van der Waals surface area contributed by atoms with Crippen molar-refractivity contribution in [1.82, 2.24) is 0 Å². The third-order valence-corrected chi connectivity index (χ3v) is 2.03. The first kappa shape index (κ1) is 10.3. The Balaban J connectivity index is 2.95. The Morgan fingerprint density at radius 1 is 1.54 bits per heavy atom. The summed E-state index contributed by atoms with van der Waals surface area (Å²) in [4.78, 5) is 0. The minimum atomic E-state index is -0.886. The summed E-state index contributed by atoms with van der Waals surface area (Å²) in [5.41, 5.74) is 0.577.